The first-order chi connectivity index (χ1) is 14.5. The number of nitrogens with zero attached hydrogens (tertiary/aromatic N) is 3. The van der Waals surface area contributed by atoms with Gasteiger partial charge in [0.25, 0.3) is 5.91 Å². The summed E-state index contributed by atoms with van der Waals surface area (Å²) in [5.74, 6) is -0.432. The maximum atomic E-state index is 12.6. The number of unbranched alkanes of at least 4 members (excludes halogenated alkanes) is 9. The van der Waals surface area contributed by atoms with Crippen LogP contribution in [0.5, 0.6) is 5.75 Å². The fourth-order valence-corrected chi connectivity index (χ4v) is 4.25. The molecule has 1 aromatic carbocycles. The molecule has 0 bridgehead atoms. The lowest BCUT2D eigenvalue weighted by atomic mass is 9.82. The zero-order valence-corrected chi connectivity index (χ0v) is 18.2. The number of imide groups is 1. The van der Waals surface area contributed by atoms with Crippen LogP contribution in [0.1, 0.15) is 89.0 Å². The summed E-state index contributed by atoms with van der Waals surface area (Å²) in [5.41, 5.74) is 2.23. The van der Waals surface area contributed by atoms with Crippen LogP contribution in [0, 0.1) is 0 Å². The van der Waals surface area contributed by atoms with E-state index in [1.165, 1.54) is 58.4 Å². The molecule has 3 amide bonds. The van der Waals surface area contributed by atoms with Crippen molar-refractivity contribution in [2.75, 3.05) is 7.05 Å². The lowest BCUT2D eigenvalue weighted by molar-refractivity contribution is -0.120. The largest absolute Gasteiger partial charge is 0.508 e. The van der Waals surface area contributed by atoms with Crippen molar-refractivity contribution in [3.8, 4) is 5.75 Å². The Kier molecular flexibility index (Phi) is 7.77. The molecule has 6 nitrogen and oxygen atoms in total. The Morgan fingerprint density at radius 3 is 2.23 bits per heavy atom. The summed E-state index contributed by atoms with van der Waals surface area (Å²) in [4.78, 5) is 34.4. The van der Waals surface area contributed by atoms with Gasteiger partial charge in [0.2, 0.25) is 0 Å². The summed E-state index contributed by atoms with van der Waals surface area (Å²) in [5, 5.41) is 9.96. The minimum absolute atomic E-state index is 0.159. The number of benzene rings is 1. The van der Waals surface area contributed by atoms with Gasteiger partial charge in [-0.2, -0.15) is 4.99 Å². The molecular weight excluding hydrogens is 378 g/mol. The van der Waals surface area contributed by atoms with Gasteiger partial charge in [-0.3, -0.25) is 9.69 Å². The Morgan fingerprint density at radius 2 is 1.57 bits per heavy atom. The van der Waals surface area contributed by atoms with E-state index < -0.39 is 11.9 Å². The lowest BCUT2D eigenvalue weighted by Crippen LogP contribution is -2.47. The maximum Gasteiger partial charge on any atom is 0.350 e. The number of phenols is 1. The molecule has 0 aliphatic carbocycles. The van der Waals surface area contributed by atoms with E-state index in [2.05, 4.69) is 16.9 Å². The van der Waals surface area contributed by atoms with E-state index in [9.17, 15) is 14.7 Å². The summed E-state index contributed by atoms with van der Waals surface area (Å²) in [6.45, 7) is 2.24. The predicted octanol–water partition coefficient (Wildman–Crippen LogP) is 5.91. The second-order valence-electron chi connectivity index (χ2n) is 8.37. The van der Waals surface area contributed by atoms with Crippen LogP contribution in [0.15, 0.2) is 28.2 Å². The summed E-state index contributed by atoms with van der Waals surface area (Å²) >= 11 is 0. The molecule has 2 aliphatic rings. The van der Waals surface area contributed by atoms with Gasteiger partial charge in [0.1, 0.15) is 5.75 Å². The molecule has 0 saturated carbocycles. The molecular formula is C24H33N3O3. The van der Waals surface area contributed by atoms with Gasteiger partial charge in [0, 0.05) is 13.0 Å². The molecule has 162 valence electrons. The minimum atomic E-state index is -0.550. The molecule has 1 unspecified atom stereocenters. The Morgan fingerprint density at radius 1 is 0.933 bits per heavy atom. The lowest BCUT2D eigenvalue weighted by Gasteiger charge is -2.30. The van der Waals surface area contributed by atoms with Gasteiger partial charge in [-0.15, -0.1) is 0 Å². The van der Waals surface area contributed by atoms with Crippen LogP contribution in [-0.2, 0) is 4.79 Å². The van der Waals surface area contributed by atoms with E-state index in [0.29, 0.717) is 11.4 Å². The number of phenolic OH excluding ortho intramolecular Hbond substituents is 1. The van der Waals surface area contributed by atoms with Crippen molar-refractivity contribution >= 4 is 29.0 Å². The summed E-state index contributed by atoms with van der Waals surface area (Å²) in [7, 11) is 1.43. The average Bonchev–Trinajstić information content (AvgIpc) is 2.73. The molecule has 1 N–H and O–H groups in total. The van der Waals surface area contributed by atoms with Crippen LogP contribution in [0.4, 0.5) is 10.5 Å². The Bertz CT molecular complexity index is 844. The van der Waals surface area contributed by atoms with Gasteiger partial charge < -0.3 is 5.11 Å². The van der Waals surface area contributed by atoms with Crippen molar-refractivity contribution in [3.05, 3.63) is 23.8 Å². The van der Waals surface area contributed by atoms with Crippen LogP contribution in [0.2, 0.25) is 0 Å². The van der Waals surface area contributed by atoms with Gasteiger partial charge in [0.15, 0.2) is 5.71 Å². The Labute approximate surface area is 179 Å². The molecule has 2 heterocycles. The zero-order chi connectivity index (χ0) is 21.5. The number of urea groups is 1. The summed E-state index contributed by atoms with van der Waals surface area (Å²) in [6.07, 6.45) is 13.3. The average molecular weight is 412 g/mol. The van der Waals surface area contributed by atoms with Gasteiger partial charge >= 0.3 is 6.03 Å². The molecule has 0 aromatic heterocycles. The highest BCUT2D eigenvalue weighted by Gasteiger charge is 2.39. The number of amides is 3. The zero-order valence-electron chi connectivity index (χ0n) is 18.2. The van der Waals surface area contributed by atoms with Crippen molar-refractivity contribution in [2.45, 2.75) is 83.5 Å². The summed E-state index contributed by atoms with van der Waals surface area (Å²) in [6, 6.07) is 4.44. The Balaban J connectivity index is 1.60. The summed E-state index contributed by atoms with van der Waals surface area (Å²) < 4.78 is 0. The third-order valence-electron chi connectivity index (χ3n) is 6.05. The van der Waals surface area contributed by atoms with Crippen molar-refractivity contribution in [3.63, 3.8) is 0 Å². The first-order valence-corrected chi connectivity index (χ1v) is 11.4. The smallest absolute Gasteiger partial charge is 0.350 e. The maximum absolute atomic E-state index is 12.6. The molecule has 2 aliphatic heterocycles. The number of hydrogen-bond donors (Lipinski definition) is 1. The minimum Gasteiger partial charge on any atom is -0.508 e. The van der Waals surface area contributed by atoms with Crippen LogP contribution in [0.3, 0.4) is 0 Å². The van der Waals surface area contributed by atoms with Crippen LogP contribution < -0.4 is 0 Å². The monoisotopic (exact) mass is 411 g/mol. The number of carbonyl (C=O) groups is 2. The van der Waals surface area contributed by atoms with Crippen LogP contribution in [0.25, 0.3) is 0 Å². The van der Waals surface area contributed by atoms with E-state index in [4.69, 9.17) is 0 Å². The molecule has 1 atom stereocenters. The number of fused-ring (bicyclic) bond motifs is 2. The molecule has 0 spiro atoms. The number of hydrogen-bond acceptors (Lipinski definition) is 4. The molecule has 0 saturated heterocycles. The molecule has 3 rings (SSSR count). The third kappa shape index (κ3) is 5.15. The second kappa shape index (κ2) is 10.5. The molecule has 0 radical (unpaired) electrons. The van der Waals surface area contributed by atoms with Gasteiger partial charge in [-0.1, -0.05) is 71.1 Å². The highest BCUT2D eigenvalue weighted by atomic mass is 16.3. The topological polar surface area (TPSA) is 82.3 Å². The van der Waals surface area contributed by atoms with Crippen LogP contribution >= 0.6 is 0 Å². The van der Waals surface area contributed by atoms with Gasteiger partial charge in [-0.05, 0) is 30.2 Å². The van der Waals surface area contributed by atoms with Crippen molar-refractivity contribution in [1.29, 1.82) is 0 Å². The first-order valence-electron chi connectivity index (χ1n) is 11.4. The van der Waals surface area contributed by atoms with E-state index in [1.54, 1.807) is 18.2 Å². The quantitative estimate of drug-likeness (QED) is 0.460. The van der Waals surface area contributed by atoms with E-state index in [1.807, 2.05) is 0 Å². The van der Waals surface area contributed by atoms with Crippen LogP contribution in [-0.4, -0.2) is 40.4 Å². The van der Waals surface area contributed by atoms with Crippen molar-refractivity contribution in [2.24, 2.45) is 9.98 Å². The standard InChI is InChI=1S/C24H33N3O3/c1-3-4-5-6-7-8-9-10-11-12-13-18-19-16-17(28)14-15-20(19)25-22-21(18)26-24(30)27(2)23(22)29/h14-16,18,28H,3-13H2,1-2H3. The highest BCUT2D eigenvalue weighted by molar-refractivity contribution is 6.71. The number of aromatic hydroxyl groups is 1. The van der Waals surface area contributed by atoms with E-state index in [0.717, 1.165) is 29.7 Å². The molecule has 1 aromatic rings. The van der Waals surface area contributed by atoms with Gasteiger partial charge in [0.05, 0.1) is 11.4 Å². The van der Waals surface area contributed by atoms with E-state index >= 15 is 0 Å². The van der Waals surface area contributed by atoms with Crippen molar-refractivity contribution in [1.82, 2.24) is 4.90 Å². The molecule has 30 heavy (non-hydrogen) atoms. The normalized spacial score (nSPS) is 18.1. The molecule has 6 heteroatoms. The molecule has 0 fully saturated rings. The third-order valence-corrected chi connectivity index (χ3v) is 6.05. The Hall–Kier alpha value is -2.50. The number of aliphatic imine (C=N–C) groups is 2. The fourth-order valence-electron chi connectivity index (χ4n) is 4.25. The highest BCUT2D eigenvalue weighted by Crippen LogP contribution is 2.39. The number of rotatable bonds is 11. The predicted molar refractivity (Wildman–Crippen MR) is 120 cm³/mol. The van der Waals surface area contributed by atoms with Crippen molar-refractivity contribution < 1.29 is 14.7 Å². The number of carbonyl (C=O) groups excluding carboxylic acids is 2. The fraction of sp³-hybridized carbons (Fsp3) is 0.583. The SMILES string of the molecule is CCCCCCCCCCCCC1C2=NC(=O)N(C)C(=O)C2=Nc2ccc(O)cc21. The van der Waals surface area contributed by atoms with E-state index in [-0.39, 0.29) is 17.4 Å². The first kappa shape index (κ1) is 22.2. The van der Waals surface area contributed by atoms with Gasteiger partial charge in [-0.25, -0.2) is 9.79 Å². The second-order valence-corrected chi connectivity index (χ2v) is 8.37.